The molecule has 0 aliphatic carbocycles. The molecule has 0 spiro atoms. The number of nitrogens with one attached hydrogen (secondary N) is 1. The molecule has 0 radical (unpaired) electrons. The van der Waals surface area contributed by atoms with E-state index in [2.05, 4.69) is 42.3 Å². The van der Waals surface area contributed by atoms with Gasteiger partial charge in [0.1, 0.15) is 0 Å². The zero-order valence-electron chi connectivity index (χ0n) is 10.7. The Balaban J connectivity index is 2.58. The molecule has 0 aliphatic heterocycles. The highest BCUT2D eigenvalue weighted by atomic mass is 32.1. The van der Waals surface area contributed by atoms with Gasteiger partial charge in [-0.05, 0) is 19.1 Å². The van der Waals surface area contributed by atoms with Crippen molar-refractivity contribution in [3.8, 4) is 5.69 Å². The average molecular weight is 250 g/mol. The zero-order valence-corrected chi connectivity index (χ0v) is 11.5. The van der Waals surface area contributed by atoms with Crippen molar-refractivity contribution < 1.29 is 0 Å². The van der Waals surface area contributed by atoms with Crippen LogP contribution in [0.15, 0.2) is 18.6 Å². The van der Waals surface area contributed by atoms with E-state index in [1.807, 2.05) is 23.3 Å². The lowest BCUT2D eigenvalue weighted by atomic mass is 9.92. The van der Waals surface area contributed by atoms with E-state index < -0.39 is 0 Å². The highest BCUT2D eigenvalue weighted by Crippen LogP contribution is 2.25. The predicted molar refractivity (Wildman–Crippen MR) is 71.1 cm³/mol. The Morgan fingerprint density at radius 2 is 2.12 bits per heavy atom. The Morgan fingerprint density at radius 3 is 2.65 bits per heavy atom. The SMILES string of the molecule is CCn1cc(-n2c(C(C)(C)C)c[nH]c2=S)cn1. The van der Waals surface area contributed by atoms with Crippen LogP contribution in [0.4, 0.5) is 0 Å². The molecule has 0 unspecified atom stereocenters. The number of H-pyrrole nitrogens is 1. The standard InChI is InChI=1S/C12H18N4S/c1-5-15-8-9(6-14-15)16-10(12(2,3)4)7-13-11(16)17/h6-8H,5H2,1-4H3,(H,13,17). The van der Waals surface area contributed by atoms with E-state index >= 15 is 0 Å². The van der Waals surface area contributed by atoms with Crippen molar-refractivity contribution in [2.75, 3.05) is 0 Å². The Kier molecular flexibility index (Phi) is 2.95. The second-order valence-electron chi connectivity index (χ2n) is 5.12. The lowest BCUT2D eigenvalue weighted by Gasteiger charge is -2.19. The van der Waals surface area contributed by atoms with Crippen molar-refractivity contribution in [1.29, 1.82) is 0 Å². The third-order valence-corrected chi connectivity index (χ3v) is 3.05. The Hall–Kier alpha value is -1.36. The lowest BCUT2D eigenvalue weighted by molar-refractivity contribution is 0.555. The second kappa shape index (κ2) is 4.14. The van der Waals surface area contributed by atoms with Crippen LogP contribution in [0.2, 0.25) is 0 Å². The molecular weight excluding hydrogens is 232 g/mol. The molecule has 0 saturated heterocycles. The number of aromatic amines is 1. The van der Waals surface area contributed by atoms with Gasteiger partial charge in [0.15, 0.2) is 4.77 Å². The van der Waals surface area contributed by atoms with E-state index in [0.29, 0.717) is 4.77 Å². The van der Waals surface area contributed by atoms with Crippen LogP contribution in [0.3, 0.4) is 0 Å². The number of nitrogens with zero attached hydrogens (tertiary/aromatic N) is 3. The Morgan fingerprint density at radius 1 is 1.41 bits per heavy atom. The molecule has 5 heteroatoms. The van der Waals surface area contributed by atoms with Gasteiger partial charge in [0.2, 0.25) is 0 Å². The molecule has 92 valence electrons. The quantitative estimate of drug-likeness (QED) is 0.832. The number of aromatic nitrogens is 4. The fraction of sp³-hybridized carbons (Fsp3) is 0.500. The zero-order chi connectivity index (χ0) is 12.6. The van der Waals surface area contributed by atoms with Crippen molar-refractivity contribution in [3.05, 3.63) is 29.1 Å². The van der Waals surface area contributed by atoms with Crippen molar-refractivity contribution in [2.24, 2.45) is 0 Å². The van der Waals surface area contributed by atoms with Gasteiger partial charge in [-0.2, -0.15) is 5.10 Å². The summed E-state index contributed by atoms with van der Waals surface area (Å²) in [7, 11) is 0. The maximum atomic E-state index is 5.34. The number of rotatable bonds is 2. The topological polar surface area (TPSA) is 38.5 Å². The summed E-state index contributed by atoms with van der Waals surface area (Å²) in [6.07, 6.45) is 5.84. The normalized spacial score (nSPS) is 12.0. The van der Waals surface area contributed by atoms with Crippen LogP contribution in [-0.4, -0.2) is 19.3 Å². The van der Waals surface area contributed by atoms with Gasteiger partial charge < -0.3 is 4.98 Å². The summed E-state index contributed by atoms with van der Waals surface area (Å²) in [5.41, 5.74) is 2.23. The van der Waals surface area contributed by atoms with Crippen LogP contribution in [0.5, 0.6) is 0 Å². The van der Waals surface area contributed by atoms with Crippen LogP contribution < -0.4 is 0 Å². The van der Waals surface area contributed by atoms with E-state index in [0.717, 1.165) is 17.9 Å². The van der Waals surface area contributed by atoms with E-state index in [4.69, 9.17) is 12.2 Å². The molecule has 2 heterocycles. The highest BCUT2D eigenvalue weighted by Gasteiger charge is 2.20. The summed E-state index contributed by atoms with van der Waals surface area (Å²) in [6.45, 7) is 9.45. The molecule has 0 aliphatic rings. The maximum absolute atomic E-state index is 5.34. The smallest absolute Gasteiger partial charge is 0.182 e. The van der Waals surface area contributed by atoms with Gasteiger partial charge in [-0.1, -0.05) is 20.8 Å². The lowest BCUT2D eigenvalue weighted by Crippen LogP contribution is -2.16. The molecule has 2 aromatic rings. The molecular formula is C12H18N4S. The second-order valence-corrected chi connectivity index (χ2v) is 5.51. The van der Waals surface area contributed by atoms with Gasteiger partial charge >= 0.3 is 0 Å². The van der Waals surface area contributed by atoms with Gasteiger partial charge in [0.05, 0.1) is 11.9 Å². The first-order valence-corrected chi connectivity index (χ1v) is 6.18. The molecule has 0 aromatic carbocycles. The number of aryl methyl sites for hydroxylation is 1. The molecule has 1 N–H and O–H groups in total. The van der Waals surface area contributed by atoms with Crippen LogP contribution in [0.1, 0.15) is 33.4 Å². The van der Waals surface area contributed by atoms with E-state index in [1.165, 1.54) is 0 Å². The van der Waals surface area contributed by atoms with Crippen LogP contribution in [0.25, 0.3) is 5.69 Å². The number of hydrogen-bond donors (Lipinski definition) is 1. The van der Waals surface area contributed by atoms with E-state index in [9.17, 15) is 0 Å². The molecule has 2 rings (SSSR count). The largest absolute Gasteiger partial charge is 0.337 e. The van der Waals surface area contributed by atoms with Gasteiger partial charge in [-0.15, -0.1) is 0 Å². The Labute approximate surface area is 106 Å². The summed E-state index contributed by atoms with van der Waals surface area (Å²) in [5, 5.41) is 4.29. The first-order valence-electron chi connectivity index (χ1n) is 5.77. The molecule has 0 saturated carbocycles. The first kappa shape index (κ1) is 12.1. The highest BCUT2D eigenvalue weighted by molar-refractivity contribution is 7.71. The third kappa shape index (κ3) is 2.20. The molecule has 0 bridgehead atoms. The van der Waals surface area contributed by atoms with Crippen molar-refractivity contribution in [3.63, 3.8) is 0 Å². The van der Waals surface area contributed by atoms with E-state index in [-0.39, 0.29) is 5.41 Å². The van der Waals surface area contributed by atoms with Gasteiger partial charge in [0.25, 0.3) is 0 Å². The maximum Gasteiger partial charge on any atom is 0.182 e. The fourth-order valence-electron chi connectivity index (χ4n) is 1.82. The monoisotopic (exact) mass is 250 g/mol. The van der Waals surface area contributed by atoms with Crippen LogP contribution >= 0.6 is 12.2 Å². The van der Waals surface area contributed by atoms with Crippen molar-refractivity contribution >= 4 is 12.2 Å². The molecule has 0 atom stereocenters. The summed E-state index contributed by atoms with van der Waals surface area (Å²) < 4.78 is 4.66. The fourth-order valence-corrected chi connectivity index (χ4v) is 2.08. The summed E-state index contributed by atoms with van der Waals surface area (Å²) >= 11 is 5.34. The molecule has 17 heavy (non-hydrogen) atoms. The number of imidazole rings is 1. The summed E-state index contributed by atoms with van der Waals surface area (Å²) in [5.74, 6) is 0. The molecule has 4 nitrogen and oxygen atoms in total. The Bertz CT molecular complexity index is 568. The minimum absolute atomic E-state index is 0.0435. The van der Waals surface area contributed by atoms with Gasteiger partial charge in [-0.25, -0.2) is 0 Å². The minimum atomic E-state index is 0.0435. The summed E-state index contributed by atoms with van der Waals surface area (Å²) in [4.78, 5) is 3.11. The molecule has 0 fully saturated rings. The minimum Gasteiger partial charge on any atom is -0.337 e. The van der Waals surface area contributed by atoms with Gasteiger partial charge in [-0.3, -0.25) is 9.25 Å². The predicted octanol–water partition coefficient (Wildman–Crippen LogP) is 3.05. The summed E-state index contributed by atoms with van der Waals surface area (Å²) in [6, 6.07) is 0. The molecule has 0 amide bonds. The van der Waals surface area contributed by atoms with Crippen LogP contribution in [0, 0.1) is 4.77 Å². The third-order valence-electron chi connectivity index (χ3n) is 2.75. The number of hydrogen-bond acceptors (Lipinski definition) is 2. The molecule has 2 aromatic heterocycles. The first-order chi connectivity index (χ1) is 7.93. The van der Waals surface area contributed by atoms with Crippen LogP contribution in [-0.2, 0) is 12.0 Å². The van der Waals surface area contributed by atoms with Gasteiger partial charge in [0, 0.05) is 30.0 Å². The van der Waals surface area contributed by atoms with Crippen molar-refractivity contribution in [2.45, 2.75) is 39.7 Å². The average Bonchev–Trinajstić information content (AvgIpc) is 2.81. The van der Waals surface area contributed by atoms with Crippen molar-refractivity contribution in [1.82, 2.24) is 19.3 Å². The van der Waals surface area contributed by atoms with E-state index in [1.54, 1.807) is 0 Å².